The Hall–Kier alpha value is -0.830. The third kappa shape index (κ3) is 7.38. The molecule has 1 aromatic rings. The van der Waals surface area contributed by atoms with Crippen LogP contribution in [0.5, 0.6) is 0 Å². The topological polar surface area (TPSA) is 82.7 Å². The Bertz CT molecular complexity index is 505. The Morgan fingerprint density at radius 2 is 1.83 bits per heavy atom. The zero-order chi connectivity index (χ0) is 17.5. The van der Waals surface area contributed by atoms with Crippen molar-refractivity contribution in [2.75, 3.05) is 13.1 Å². The number of aliphatic hydroxyl groups is 1. The summed E-state index contributed by atoms with van der Waals surface area (Å²) in [6, 6.07) is 0. The molecule has 24 heavy (non-hydrogen) atoms. The third-order valence-corrected chi connectivity index (χ3v) is 3.91. The summed E-state index contributed by atoms with van der Waals surface area (Å²) in [7, 11) is 0. The highest BCUT2D eigenvalue weighted by molar-refractivity contribution is 14.0. The van der Waals surface area contributed by atoms with Crippen LogP contribution in [0.4, 0.5) is 0 Å². The van der Waals surface area contributed by atoms with Crippen molar-refractivity contribution >= 4 is 29.9 Å². The fourth-order valence-electron chi connectivity index (χ4n) is 1.97. The number of halogens is 1. The molecule has 0 fully saturated rings. The summed E-state index contributed by atoms with van der Waals surface area (Å²) in [6.07, 6.45) is 3.16. The largest absolute Gasteiger partial charge is 0.443 e. The van der Waals surface area contributed by atoms with Crippen LogP contribution in [-0.4, -0.2) is 34.7 Å². The average Bonchev–Trinajstić information content (AvgIpc) is 2.99. The first-order valence-corrected chi connectivity index (χ1v) is 8.43. The van der Waals surface area contributed by atoms with Gasteiger partial charge in [0.15, 0.2) is 5.96 Å². The first-order valence-electron chi connectivity index (χ1n) is 8.43. The van der Waals surface area contributed by atoms with Crippen molar-refractivity contribution in [3.05, 3.63) is 17.8 Å². The molecule has 0 atom stereocenters. The van der Waals surface area contributed by atoms with Crippen LogP contribution in [0.25, 0.3) is 0 Å². The van der Waals surface area contributed by atoms with Crippen molar-refractivity contribution in [2.45, 2.75) is 71.9 Å². The highest BCUT2D eigenvalue weighted by Crippen LogP contribution is 2.22. The number of rotatable bonds is 7. The van der Waals surface area contributed by atoms with Crippen LogP contribution in [0, 0.1) is 0 Å². The van der Waals surface area contributed by atoms with Crippen molar-refractivity contribution in [3.63, 3.8) is 0 Å². The molecule has 0 unspecified atom stereocenters. The molecular formula is C17H33IN4O2. The van der Waals surface area contributed by atoms with Gasteiger partial charge in [-0.3, -0.25) is 0 Å². The zero-order valence-electron chi connectivity index (χ0n) is 15.8. The molecule has 0 spiro atoms. The Balaban J connectivity index is 0.00000529. The number of guanidine groups is 1. The number of hydrogen-bond donors (Lipinski definition) is 3. The van der Waals surface area contributed by atoms with Gasteiger partial charge in [-0.15, -0.1) is 24.0 Å². The summed E-state index contributed by atoms with van der Waals surface area (Å²) in [5.41, 5.74) is -0.769. The summed E-state index contributed by atoms with van der Waals surface area (Å²) in [4.78, 5) is 8.76. The van der Waals surface area contributed by atoms with Crippen LogP contribution in [0.3, 0.4) is 0 Å². The van der Waals surface area contributed by atoms with Gasteiger partial charge in [-0.05, 0) is 19.8 Å². The lowest BCUT2D eigenvalue weighted by atomic mass is 9.94. The van der Waals surface area contributed by atoms with E-state index in [0.717, 1.165) is 12.3 Å². The van der Waals surface area contributed by atoms with Crippen molar-refractivity contribution in [1.29, 1.82) is 0 Å². The number of oxazole rings is 1. The van der Waals surface area contributed by atoms with E-state index in [9.17, 15) is 5.11 Å². The van der Waals surface area contributed by atoms with Crippen molar-refractivity contribution < 1.29 is 9.52 Å². The van der Waals surface area contributed by atoms with Gasteiger partial charge < -0.3 is 20.2 Å². The first-order chi connectivity index (χ1) is 10.7. The first kappa shape index (κ1) is 23.2. The lowest BCUT2D eigenvalue weighted by molar-refractivity contribution is 0.0367. The SMILES string of the molecule is CCNC(=NCc1ncc(C(C)(C)C)o1)NCC(O)(CC)CC.I. The molecule has 0 radical (unpaired) electrons. The van der Waals surface area contributed by atoms with Crippen molar-refractivity contribution in [3.8, 4) is 0 Å². The molecule has 1 heterocycles. The molecule has 3 N–H and O–H groups in total. The van der Waals surface area contributed by atoms with E-state index in [-0.39, 0.29) is 29.4 Å². The predicted molar refractivity (Wildman–Crippen MR) is 109 cm³/mol. The second-order valence-electron chi connectivity index (χ2n) is 6.85. The molecule has 1 rings (SSSR count). The maximum absolute atomic E-state index is 10.3. The highest BCUT2D eigenvalue weighted by Gasteiger charge is 2.22. The fraction of sp³-hybridized carbons (Fsp3) is 0.765. The number of hydrogen-bond acceptors (Lipinski definition) is 4. The average molecular weight is 452 g/mol. The van der Waals surface area contributed by atoms with Gasteiger partial charge in [0.1, 0.15) is 12.3 Å². The van der Waals surface area contributed by atoms with Gasteiger partial charge in [-0.1, -0.05) is 34.6 Å². The minimum atomic E-state index is -0.710. The maximum Gasteiger partial charge on any atom is 0.216 e. The third-order valence-electron chi connectivity index (χ3n) is 3.91. The smallest absolute Gasteiger partial charge is 0.216 e. The molecule has 0 aromatic carbocycles. The van der Waals surface area contributed by atoms with E-state index in [1.54, 1.807) is 6.20 Å². The Morgan fingerprint density at radius 1 is 1.21 bits per heavy atom. The number of aliphatic imine (C=N–C) groups is 1. The van der Waals surface area contributed by atoms with E-state index >= 15 is 0 Å². The summed E-state index contributed by atoms with van der Waals surface area (Å²) in [6.45, 7) is 13.8. The second kappa shape index (κ2) is 10.2. The lowest BCUT2D eigenvalue weighted by Gasteiger charge is -2.26. The lowest BCUT2D eigenvalue weighted by Crippen LogP contribution is -2.46. The monoisotopic (exact) mass is 452 g/mol. The fourth-order valence-corrected chi connectivity index (χ4v) is 1.97. The van der Waals surface area contributed by atoms with Crippen molar-refractivity contribution in [2.24, 2.45) is 4.99 Å². The van der Waals surface area contributed by atoms with Crippen LogP contribution in [-0.2, 0) is 12.0 Å². The Labute approximate surface area is 162 Å². The van der Waals surface area contributed by atoms with E-state index in [1.165, 1.54) is 0 Å². The molecule has 1 aromatic heterocycles. The molecular weight excluding hydrogens is 419 g/mol. The molecule has 0 amide bonds. The van der Waals surface area contributed by atoms with E-state index in [0.29, 0.717) is 37.8 Å². The molecule has 6 nitrogen and oxygen atoms in total. The summed E-state index contributed by atoms with van der Waals surface area (Å²) in [5, 5.41) is 16.7. The molecule has 0 saturated heterocycles. The molecule has 0 aliphatic rings. The minimum Gasteiger partial charge on any atom is -0.443 e. The van der Waals surface area contributed by atoms with E-state index in [4.69, 9.17) is 4.42 Å². The standard InChI is InChI=1S/C17H32N4O2.HI/c1-7-17(22,8-2)12-21-15(18-9-3)20-11-14-19-10-13(23-14)16(4,5)6;/h10,22H,7-9,11-12H2,1-6H3,(H2,18,20,21);1H. The molecule has 140 valence electrons. The van der Waals surface area contributed by atoms with Gasteiger partial charge in [0.2, 0.25) is 5.89 Å². The number of nitrogens with zero attached hydrogens (tertiary/aromatic N) is 2. The van der Waals surface area contributed by atoms with E-state index in [2.05, 4.69) is 41.4 Å². The predicted octanol–water partition coefficient (Wildman–Crippen LogP) is 3.20. The van der Waals surface area contributed by atoms with Crippen molar-refractivity contribution in [1.82, 2.24) is 15.6 Å². The van der Waals surface area contributed by atoms with Crippen LogP contribution >= 0.6 is 24.0 Å². The van der Waals surface area contributed by atoms with Crippen LogP contribution in [0.2, 0.25) is 0 Å². The number of aromatic nitrogens is 1. The molecule has 0 bridgehead atoms. The Kier molecular flexibility index (Phi) is 9.87. The minimum absolute atomic E-state index is 0. The van der Waals surface area contributed by atoms with Gasteiger partial charge in [-0.25, -0.2) is 9.98 Å². The van der Waals surface area contributed by atoms with Gasteiger partial charge in [0.25, 0.3) is 0 Å². The molecule has 0 aliphatic heterocycles. The van der Waals surface area contributed by atoms with E-state index < -0.39 is 5.60 Å². The summed E-state index contributed by atoms with van der Waals surface area (Å²) in [5.74, 6) is 2.10. The quantitative estimate of drug-likeness (QED) is 0.336. The van der Waals surface area contributed by atoms with E-state index in [1.807, 2.05) is 20.8 Å². The normalized spacial score (nSPS) is 12.7. The summed E-state index contributed by atoms with van der Waals surface area (Å²) >= 11 is 0. The van der Waals surface area contributed by atoms with Gasteiger partial charge in [0, 0.05) is 18.5 Å². The van der Waals surface area contributed by atoms with Gasteiger partial charge >= 0.3 is 0 Å². The molecule has 0 saturated carbocycles. The van der Waals surface area contributed by atoms with Crippen LogP contribution in [0.15, 0.2) is 15.6 Å². The van der Waals surface area contributed by atoms with Gasteiger partial charge in [0.05, 0.1) is 11.8 Å². The second-order valence-corrected chi connectivity index (χ2v) is 6.85. The zero-order valence-corrected chi connectivity index (χ0v) is 18.1. The number of nitrogens with one attached hydrogen (secondary N) is 2. The van der Waals surface area contributed by atoms with Crippen LogP contribution in [0.1, 0.15) is 66.0 Å². The van der Waals surface area contributed by atoms with Crippen LogP contribution < -0.4 is 10.6 Å². The highest BCUT2D eigenvalue weighted by atomic mass is 127. The molecule has 0 aliphatic carbocycles. The van der Waals surface area contributed by atoms with Gasteiger partial charge in [-0.2, -0.15) is 0 Å². The molecule has 7 heteroatoms. The summed E-state index contributed by atoms with van der Waals surface area (Å²) < 4.78 is 5.74. The Morgan fingerprint density at radius 3 is 2.29 bits per heavy atom. The maximum atomic E-state index is 10.3.